The SMILES string of the molecule is CC(=O)OCCC1CCO1. The number of esters is 1. The van der Waals surface area contributed by atoms with Gasteiger partial charge in [-0.3, -0.25) is 4.79 Å². The molecule has 3 nitrogen and oxygen atoms in total. The smallest absolute Gasteiger partial charge is 0.302 e. The molecule has 0 aliphatic carbocycles. The van der Waals surface area contributed by atoms with Crippen molar-refractivity contribution in [2.45, 2.75) is 25.9 Å². The van der Waals surface area contributed by atoms with Gasteiger partial charge in [0.2, 0.25) is 0 Å². The van der Waals surface area contributed by atoms with E-state index in [1.54, 1.807) is 0 Å². The summed E-state index contributed by atoms with van der Waals surface area (Å²) >= 11 is 0. The van der Waals surface area contributed by atoms with E-state index in [0.29, 0.717) is 12.7 Å². The van der Waals surface area contributed by atoms with Gasteiger partial charge in [0.05, 0.1) is 12.7 Å². The fourth-order valence-corrected chi connectivity index (χ4v) is 0.846. The summed E-state index contributed by atoms with van der Waals surface area (Å²) in [5, 5.41) is 0. The quantitative estimate of drug-likeness (QED) is 0.548. The fraction of sp³-hybridized carbons (Fsp3) is 0.857. The molecule has 0 N–H and O–H groups in total. The van der Waals surface area contributed by atoms with Crippen molar-refractivity contribution in [1.29, 1.82) is 0 Å². The first-order chi connectivity index (χ1) is 4.79. The molecular weight excluding hydrogens is 132 g/mol. The number of rotatable bonds is 3. The van der Waals surface area contributed by atoms with Gasteiger partial charge in [0.1, 0.15) is 0 Å². The summed E-state index contributed by atoms with van der Waals surface area (Å²) in [4.78, 5) is 10.3. The maximum Gasteiger partial charge on any atom is 0.302 e. The van der Waals surface area contributed by atoms with Crippen LogP contribution in [-0.2, 0) is 14.3 Å². The van der Waals surface area contributed by atoms with Crippen molar-refractivity contribution in [3.63, 3.8) is 0 Å². The van der Waals surface area contributed by atoms with Crippen LogP contribution in [0.25, 0.3) is 0 Å². The highest BCUT2D eigenvalue weighted by Gasteiger charge is 2.17. The van der Waals surface area contributed by atoms with E-state index in [0.717, 1.165) is 19.4 Å². The zero-order valence-electron chi connectivity index (χ0n) is 6.13. The number of carbonyl (C=O) groups is 1. The van der Waals surface area contributed by atoms with E-state index < -0.39 is 0 Å². The highest BCUT2D eigenvalue weighted by molar-refractivity contribution is 5.65. The Bertz CT molecular complexity index is 118. The maximum atomic E-state index is 10.3. The molecular formula is C7H12O3. The lowest BCUT2D eigenvalue weighted by Crippen LogP contribution is -2.28. The second-order valence-electron chi connectivity index (χ2n) is 2.41. The second-order valence-corrected chi connectivity index (χ2v) is 2.41. The molecule has 1 aliphatic rings. The van der Waals surface area contributed by atoms with Gasteiger partial charge < -0.3 is 9.47 Å². The first kappa shape index (κ1) is 7.54. The third-order valence-corrected chi connectivity index (χ3v) is 1.54. The average molecular weight is 144 g/mol. The number of carbonyl (C=O) groups excluding carboxylic acids is 1. The summed E-state index contributed by atoms with van der Waals surface area (Å²) < 4.78 is 9.85. The van der Waals surface area contributed by atoms with Crippen molar-refractivity contribution in [2.24, 2.45) is 0 Å². The number of hydrogen-bond donors (Lipinski definition) is 0. The summed E-state index contributed by atoms with van der Waals surface area (Å²) in [5.74, 6) is -0.209. The van der Waals surface area contributed by atoms with E-state index in [4.69, 9.17) is 9.47 Å². The molecule has 1 aliphatic heterocycles. The molecule has 0 spiro atoms. The molecule has 1 rings (SSSR count). The van der Waals surface area contributed by atoms with Gasteiger partial charge in [0.15, 0.2) is 0 Å². The lowest BCUT2D eigenvalue weighted by Gasteiger charge is -2.25. The van der Waals surface area contributed by atoms with E-state index in [1.165, 1.54) is 6.92 Å². The topological polar surface area (TPSA) is 35.5 Å². The minimum atomic E-state index is -0.209. The van der Waals surface area contributed by atoms with Crippen molar-refractivity contribution in [3.05, 3.63) is 0 Å². The minimum Gasteiger partial charge on any atom is -0.466 e. The molecule has 1 saturated heterocycles. The van der Waals surface area contributed by atoms with Crippen molar-refractivity contribution in [1.82, 2.24) is 0 Å². The summed E-state index contributed by atoms with van der Waals surface area (Å²) in [5.41, 5.74) is 0. The molecule has 0 aromatic carbocycles. The Morgan fingerprint density at radius 2 is 2.50 bits per heavy atom. The first-order valence-electron chi connectivity index (χ1n) is 3.54. The predicted molar refractivity (Wildman–Crippen MR) is 35.6 cm³/mol. The summed E-state index contributed by atoms with van der Waals surface area (Å²) in [6.07, 6.45) is 2.31. The van der Waals surface area contributed by atoms with Crippen LogP contribution < -0.4 is 0 Å². The van der Waals surface area contributed by atoms with Gasteiger partial charge in [-0.2, -0.15) is 0 Å². The standard InChI is InChI=1S/C7H12O3/c1-6(8)9-4-2-7-3-5-10-7/h7H,2-5H2,1H3. The Kier molecular flexibility index (Phi) is 2.68. The normalized spacial score (nSPS) is 23.5. The Hall–Kier alpha value is -0.570. The largest absolute Gasteiger partial charge is 0.466 e. The summed E-state index contributed by atoms with van der Waals surface area (Å²) in [6, 6.07) is 0. The van der Waals surface area contributed by atoms with Crippen LogP contribution in [0.2, 0.25) is 0 Å². The lowest BCUT2D eigenvalue weighted by molar-refractivity contribution is -0.143. The van der Waals surface area contributed by atoms with Gasteiger partial charge in [0.25, 0.3) is 0 Å². The van der Waals surface area contributed by atoms with Gasteiger partial charge in [-0.25, -0.2) is 0 Å². The fourth-order valence-electron chi connectivity index (χ4n) is 0.846. The molecule has 10 heavy (non-hydrogen) atoms. The number of hydrogen-bond acceptors (Lipinski definition) is 3. The van der Waals surface area contributed by atoms with Crippen LogP contribution in [0.1, 0.15) is 19.8 Å². The highest BCUT2D eigenvalue weighted by atomic mass is 16.5. The molecule has 3 heteroatoms. The lowest BCUT2D eigenvalue weighted by atomic mass is 10.1. The van der Waals surface area contributed by atoms with E-state index in [1.807, 2.05) is 0 Å². The van der Waals surface area contributed by atoms with Crippen LogP contribution in [0, 0.1) is 0 Å². The van der Waals surface area contributed by atoms with Crippen LogP contribution in [-0.4, -0.2) is 25.3 Å². The zero-order valence-corrected chi connectivity index (χ0v) is 6.13. The molecule has 1 atom stereocenters. The van der Waals surface area contributed by atoms with Crippen LogP contribution in [0.4, 0.5) is 0 Å². The Balaban J connectivity index is 1.89. The van der Waals surface area contributed by atoms with Crippen LogP contribution >= 0.6 is 0 Å². The molecule has 0 saturated carbocycles. The summed E-state index contributed by atoms with van der Waals surface area (Å²) in [7, 11) is 0. The van der Waals surface area contributed by atoms with Gasteiger partial charge >= 0.3 is 5.97 Å². The summed E-state index contributed by atoms with van der Waals surface area (Å²) in [6.45, 7) is 2.78. The van der Waals surface area contributed by atoms with Crippen molar-refractivity contribution in [2.75, 3.05) is 13.2 Å². The van der Waals surface area contributed by atoms with Gasteiger partial charge in [-0.05, 0) is 6.42 Å². The van der Waals surface area contributed by atoms with Gasteiger partial charge in [0, 0.05) is 20.0 Å². The molecule has 0 bridgehead atoms. The molecule has 0 aromatic rings. The van der Waals surface area contributed by atoms with Crippen LogP contribution in [0.3, 0.4) is 0 Å². The Morgan fingerprint density at radius 1 is 1.80 bits per heavy atom. The van der Waals surface area contributed by atoms with Gasteiger partial charge in [-0.1, -0.05) is 0 Å². The predicted octanol–water partition coefficient (Wildman–Crippen LogP) is 0.729. The van der Waals surface area contributed by atoms with Crippen LogP contribution in [0.5, 0.6) is 0 Å². The Labute approximate surface area is 60.3 Å². The van der Waals surface area contributed by atoms with E-state index in [-0.39, 0.29) is 5.97 Å². The maximum absolute atomic E-state index is 10.3. The van der Waals surface area contributed by atoms with E-state index >= 15 is 0 Å². The minimum absolute atomic E-state index is 0.209. The monoisotopic (exact) mass is 144 g/mol. The third-order valence-electron chi connectivity index (χ3n) is 1.54. The van der Waals surface area contributed by atoms with E-state index in [9.17, 15) is 4.79 Å². The van der Waals surface area contributed by atoms with Crippen LogP contribution in [0.15, 0.2) is 0 Å². The first-order valence-corrected chi connectivity index (χ1v) is 3.54. The van der Waals surface area contributed by atoms with Crippen molar-refractivity contribution < 1.29 is 14.3 Å². The number of ether oxygens (including phenoxy) is 2. The van der Waals surface area contributed by atoms with Gasteiger partial charge in [-0.15, -0.1) is 0 Å². The highest BCUT2D eigenvalue weighted by Crippen LogP contribution is 2.14. The molecule has 1 unspecified atom stereocenters. The average Bonchev–Trinajstić information content (AvgIpc) is 1.75. The zero-order chi connectivity index (χ0) is 7.40. The Morgan fingerprint density at radius 3 is 2.90 bits per heavy atom. The van der Waals surface area contributed by atoms with Crippen molar-refractivity contribution in [3.8, 4) is 0 Å². The molecule has 1 fully saturated rings. The van der Waals surface area contributed by atoms with E-state index in [2.05, 4.69) is 0 Å². The van der Waals surface area contributed by atoms with Crippen molar-refractivity contribution >= 4 is 5.97 Å². The molecule has 0 radical (unpaired) electrons. The third kappa shape index (κ3) is 2.35. The molecule has 0 aromatic heterocycles. The molecule has 1 heterocycles. The second kappa shape index (κ2) is 3.56. The molecule has 0 amide bonds. The molecule has 58 valence electrons.